The highest BCUT2D eigenvalue weighted by Crippen LogP contribution is 2.26. The molecule has 1 aliphatic rings. The molecule has 2 amide bonds. The second-order valence-electron chi connectivity index (χ2n) is 6.17. The average molecular weight is 357 g/mol. The van der Waals surface area contributed by atoms with Crippen molar-refractivity contribution in [3.05, 3.63) is 42.1 Å². The Morgan fingerprint density at radius 1 is 1.19 bits per heavy atom. The van der Waals surface area contributed by atoms with Gasteiger partial charge >= 0.3 is 11.8 Å². The summed E-state index contributed by atoms with van der Waals surface area (Å²) in [5.74, 6) is -0.213. The van der Waals surface area contributed by atoms with E-state index in [2.05, 4.69) is 25.7 Å². The molecule has 1 saturated heterocycles. The zero-order valence-electron chi connectivity index (χ0n) is 14.7. The average Bonchev–Trinajstić information content (AvgIpc) is 3.36. The van der Waals surface area contributed by atoms with Gasteiger partial charge in [-0.2, -0.15) is 5.10 Å². The lowest BCUT2D eigenvalue weighted by Crippen LogP contribution is -2.41. The topological polar surface area (TPSA) is 99.3 Å². The number of aromatic nitrogens is 2. The molecule has 1 unspecified atom stereocenters. The van der Waals surface area contributed by atoms with Gasteiger partial charge in [-0.05, 0) is 43.6 Å². The van der Waals surface area contributed by atoms with Crippen LogP contribution in [0, 0.1) is 0 Å². The number of ether oxygens (including phenoxy) is 1. The van der Waals surface area contributed by atoms with Crippen molar-refractivity contribution >= 4 is 17.6 Å². The third-order valence-corrected chi connectivity index (χ3v) is 4.49. The number of hydrogen-bond donors (Lipinski definition) is 3. The van der Waals surface area contributed by atoms with Gasteiger partial charge in [-0.1, -0.05) is 12.1 Å². The number of anilines is 1. The van der Waals surface area contributed by atoms with Crippen LogP contribution in [0.1, 0.15) is 24.4 Å². The van der Waals surface area contributed by atoms with Crippen LogP contribution in [0.3, 0.4) is 0 Å². The molecule has 1 atom stereocenters. The number of carbonyl (C=O) groups excluding carboxylic acids is 2. The number of rotatable bonds is 6. The number of H-pyrrole nitrogens is 1. The molecule has 8 heteroatoms. The second kappa shape index (κ2) is 8.48. The molecule has 1 aromatic heterocycles. The molecule has 26 heavy (non-hydrogen) atoms. The van der Waals surface area contributed by atoms with Gasteiger partial charge in [0, 0.05) is 12.6 Å². The van der Waals surface area contributed by atoms with Gasteiger partial charge in [-0.25, -0.2) is 0 Å². The number of aromatic amines is 1. The zero-order valence-corrected chi connectivity index (χ0v) is 14.7. The summed E-state index contributed by atoms with van der Waals surface area (Å²) >= 11 is 0. The standard InChI is InChI=1S/C18H23N5O3/c1-26-14-6-4-13(5-7-14)15(23-10-2-3-11-23)12-19-17(24)18(25)21-16-8-9-20-22-16/h4-9,15H,2-3,10-12H2,1H3,(H,19,24)(H2,20,21,22,25). The first-order valence-electron chi connectivity index (χ1n) is 8.64. The first-order valence-corrected chi connectivity index (χ1v) is 8.64. The van der Waals surface area contributed by atoms with E-state index in [-0.39, 0.29) is 6.04 Å². The molecular formula is C18H23N5O3. The summed E-state index contributed by atoms with van der Waals surface area (Å²) in [6, 6.07) is 9.41. The Hall–Kier alpha value is -2.87. The van der Waals surface area contributed by atoms with E-state index in [1.807, 2.05) is 24.3 Å². The van der Waals surface area contributed by atoms with Crippen LogP contribution in [0.5, 0.6) is 5.75 Å². The number of hydrogen-bond acceptors (Lipinski definition) is 5. The number of likely N-dealkylation sites (tertiary alicyclic amines) is 1. The molecular weight excluding hydrogens is 334 g/mol. The number of carbonyl (C=O) groups is 2. The molecule has 2 aromatic rings. The van der Waals surface area contributed by atoms with Crippen LogP contribution in [0.4, 0.5) is 5.82 Å². The smallest absolute Gasteiger partial charge is 0.314 e. The van der Waals surface area contributed by atoms with Crippen LogP contribution in [-0.2, 0) is 9.59 Å². The Balaban J connectivity index is 1.63. The lowest BCUT2D eigenvalue weighted by Gasteiger charge is -2.28. The quantitative estimate of drug-likeness (QED) is 0.677. The minimum absolute atomic E-state index is 0.0207. The molecule has 3 rings (SSSR count). The van der Waals surface area contributed by atoms with Crippen LogP contribution < -0.4 is 15.4 Å². The van der Waals surface area contributed by atoms with Gasteiger partial charge in [-0.15, -0.1) is 0 Å². The monoisotopic (exact) mass is 357 g/mol. The summed E-state index contributed by atoms with van der Waals surface area (Å²) in [6.45, 7) is 2.32. The Bertz CT molecular complexity index is 724. The fourth-order valence-electron chi connectivity index (χ4n) is 3.11. The van der Waals surface area contributed by atoms with Crippen LogP contribution in [0.25, 0.3) is 0 Å². The predicted octanol–water partition coefficient (Wildman–Crippen LogP) is 1.31. The summed E-state index contributed by atoms with van der Waals surface area (Å²) < 4.78 is 5.21. The van der Waals surface area contributed by atoms with Crippen molar-refractivity contribution in [2.24, 2.45) is 0 Å². The highest BCUT2D eigenvalue weighted by molar-refractivity contribution is 6.39. The highest BCUT2D eigenvalue weighted by atomic mass is 16.5. The summed E-state index contributed by atoms with van der Waals surface area (Å²) in [7, 11) is 1.63. The summed E-state index contributed by atoms with van der Waals surface area (Å²) in [5.41, 5.74) is 1.09. The van der Waals surface area contributed by atoms with Crippen LogP contribution in [-0.4, -0.2) is 53.7 Å². The number of nitrogens with one attached hydrogen (secondary N) is 3. The number of methoxy groups -OCH3 is 1. The second-order valence-corrected chi connectivity index (χ2v) is 6.17. The third-order valence-electron chi connectivity index (χ3n) is 4.49. The molecule has 0 saturated carbocycles. The normalized spacial score (nSPS) is 15.4. The summed E-state index contributed by atoms with van der Waals surface area (Å²) in [5, 5.41) is 11.5. The maximum Gasteiger partial charge on any atom is 0.314 e. The Labute approximate surface area is 151 Å². The first kappa shape index (κ1) is 17.9. The van der Waals surface area contributed by atoms with E-state index in [0.717, 1.165) is 37.2 Å². The maximum absolute atomic E-state index is 12.1. The summed E-state index contributed by atoms with van der Waals surface area (Å²) in [4.78, 5) is 26.4. The van der Waals surface area contributed by atoms with Crippen molar-refractivity contribution in [1.82, 2.24) is 20.4 Å². The molecule has 1 fully saturated rings. The van der Waals surface area contributed by atoms with Gasteiger partial charge in [0.25, 0.3) is 0 Å². The van der Waals surface area contributed by atoms with Crippen molar-refractivity contribution < 1.29 is 14.3 Å². The van der Waals surface area contributed by atoms with E-state index in [0.29, 0.717) is 12.4 Å². The number of benzene rings is 1. The molecule has 0 radical (unpaired) electrons. The highest BCUT2D eigenvalue weighted by Gasteiger charge is 2.25. The molecule has 1 aliphatic heterocycles. The van der Waals surface area contributed by atoms with Crippen LogP contribution >= 0.6 is 0 Å². The van der Waals surface area contributed by atoms with Crippen molar-refractivity contribution in [3.8, 4) is 5.75 Å². The Morgan fingerprint density at radius 2 is 1.92 bits per heavy atom. The lowest BCUT2D eigenvalue weighted by atomic mass is 10.1. The van der Waals surface area contributed by atoms with E-state index in [4.69, 9.17) is 4.74 Å². The van der Waals surface area contributed by atoms with Gasteiger partial charge < -0.3 is 15.4 Å². The van der Waals surface area contributed by atoms with E-state index >= 15 is 0 Å². The Kier molecular flexibility index (Phi) is 5.85. The van der Waals surface area contributed by atoms with Gasteiger partial charge in [0.2, 0.25) is 0 Å². The summed E-state index contributed by atoms with van der Waals surface area (Å²) in [6.07, 6.45) is 3.78. The van der Waals surface area contributed by atoms with Gasteiger partial charge in [0.05, 0.1) is 19.3 Å². The van der Waals surface area contributed by atoms with Crippen LogP contribution in [0.2, 0.25) is 0 Å². The minimum Gasteiger partial charge on any atom is -0.497 e. The Morgan fingerprint density at radius 3 is 2.54 bits per heavy atom. The number of nitrogens with zero attached hydrogens (tertiary/aromatic N) is 2. The lowest BCUT2D eigenvalue weighted by molar-refractivity contribution is -0.136. The molecule has 8 nitrogen and oxygen atoms in total. The largest absolute Gasteiger partial charge is 0.497 e. The maximum atomic E-state index is 12.1. The van der Waals surface area contributed by atoms with Crippen molar-refractivity contribution in [2.75, 3.05) is 32.1 Å². The first-order chi connectivity index (χ1) is 12.7. The predicted molar refractivity (Wildman–Crippen MR) is 96.8 cm³/mol. The van der Waals surface area contributed by atoms with E-state index < -0.39 is 11.8 Å². The molecule has 2 heterocycles. The zero-order chi connectivity index (χ0) is 18.4. The molecule has 0 bridgehead atoms. The molecule has 1 aromatic carbocycles. The SMILES string of the molecule is COc1ccc(C(CNC(=O)C(=O)Nc2ccn[nH]2)N2CCCC2)cc1. The van der Waals surface area contributed by atoms with Crippen molar-refractivity contribution in [2.45, 2.75) is 18.9 Å². The molecule has 3 N–H and O–H groups in total. The fraction of sp³-hybridized carbons (Fsp3) is 0.389. The van der Waals surface area contributed by atoms with Crippen LogP contribution in [0.15, 0.2) is 36.5 Å². The van der Waals surface area contributed by atoms with Gasteiger partial charge in [0.1, 0.15) is 11.6 Å². The third kappa shape index (κ3) is 4.40. The van der Waals surface area contributed by atoms with E-state index in [1.165, 1.54) is 6.20 Å². The van der Waals surface area contributed by atoms with Gasteiger partial charge in [0.15, 0.2) is 0 Å². The fourth-order valence-corrected chi connectivity index (χ4v) is 3.11. The molecule has 0 aliphatic carbocycles. The van der Waals surface area contributed by atoms with Gasteiger partial charge in [-0.3, -0.25) is 19.6 Å². The van der Waals surface area contributed by atoms with E-state index in [9.17, 15) is 9.59 Å². The van der Waals surface area contributed by atoms with Crippen molar-refractivity contribution in [3.63, 3.8) is 0 Å². The molecule has 0 spiro atoms. The molecule has 138 valence electrons. The minimum atomic E-state index is -0.718. The van der Waals surface area contributed by atoms with Crippen molar-refractivity contribution in [1.29, 1.82) is 0 Å². The van der Waals surface area contributed by atoms with E-state index in [1.54, 1.807) is 13.2 Å². The number of amides is 2.